The summed E-state index contributed by atoms with van der Waals surface area (Å²) in [5.41, 5.74) is 1.64. The van der Waals surface area contributed by atoms with Crippen LogP contribution in [0.25, 0.3) is 0 Å². The summed E-state index contributed by atoms with van der Waals surface area (Å²) in [6.45, 7) is 0.693. The number of hydrogen-bond donors (Lipinski definition) is 3. The Morgan fingerprint density at radius 2 is 1.92 bits per heavy atom. The van der Waals surface area contributed by atoms with Gasteiger partial charge in [0, 0.05) is 31.8 Å². The lowest BCUT2D eigenvalue weighted by Crippen LogP contribution is -2.32. The first kappa shape index (κ1) is 10.2. The van der Waals surface area contributed by atoms with Crippen LogP contribution in [0.4, 0.5) is 0 Å². The van der Waals surface area contributed by atoms with E-state index in [0.29, 0.717) is 25.0 Å². The van der Waals surface area contributed by atoms with Crippen LogP contribution in [-0.4, -0.2) is 35.9 Å². The summed E-state index contributed by atoms with van der Waals surface area (Å²) in [6.07, 6.45) is 1.73. The number of carbonyl (C=O) groups excluding carboxylic acids is 1. The molecule has 4 nitrogen and oxygen atoms in total. The molecule has 0 aliphatic carbocycles. The molecule has 1 aliphatic heterocycles. The van der Waals surface area contributed by atoms with Crippen LogP contribution in [-0.2, 0) is 4.79 Å². The fraction of sp³-hybridized carbons (Fsp3) is 0.667. The summed E-state index contributed by atoms with van der Waals surface area (Å²) in [4.78, 5) is 11.3. The third-order valence-electron chi connectivity index (χ3n) is 2.19. The maximum Gasteiger partial charge on any atom is 0.247 e. The van der Waals surface area contributed by atoms with Crippen LogP contribution in [0.3, 0.4) is 0 Å². The van der Waals surface area contributed by atoms with Gasteiger partial charge in [0.1, 0.15) is 0 Å². The highest BCUT2D eigenvalue weighted by atomic mass is 16.3. The fourth-order valence-electron chi connectivity index (χ4n) is 1.56. The number of aliphatic hydroxyl groups excluding tert-OH is 2. The summed E-state index contributed by atoms with van der Waals surface area (Å²) in [7, 11) is 0. The van der Waals surface area contributed by atoms with Crippen LogP contribution in [0.1, 0.15) is 19.3 Å². The number of carbonyl (C=O) groups is 1. The summed E-state index contributed by atoms with van der Waals surface area (Å²) < 4.78 is 0. The Hall–Kier alpha value is -0.870. The molecular formula is C9H15NO3. The number of amides is 1. The first-order chi connectivity index (χ1) is 6.29. The van der Waals surface area contributed by atoms with Crippen LogP contribution in [0.2, 0.25) is 0 Å². The van der Waals surface area contributed by atoms with Gasteiger partial charge in [0.05, 0.1) is 0 Å². The van der Waals surface area contributed by atoms with E-state index in [1.165, 1.54) is 0 Å². The zero-order valence-corrected chi connectivity index (χ0v) is 7.55. The molecule has 0 aromatic rings. The summed E-state index contributed by atoms with van der Waals surface area (Å²) in [5.74, 6) is -0.0937. The Morgan fingerprint density at radius 3 is 2.54 bits per heavy atom. The van der Waals surface area contributed by atoms with Gasteiger partial charge in [-0.05, 0) is 12.8 Å². The quantitative estimate of drug-likeness (QED) is 0.556. The molecule has 0 saturated carbocycles. The molecule has 1 heterocycles. The summed E-state index contributed by atoms with van der Waals surface area (Å²) in [5, 5.41) is 20.2. The highest BCUT2D eigenvalue weighted by Gasteiger charge is 2.18. The van der Waals surface area contributed by atoms with Crippen molar-refractivity contribution in [2.24, 2.45) is 0 Å². The van der Waals surface area contributed by atoms with Crippen molar-refractivity contribution in [3.05, 3.63) is 11.1 Å². The van der Waals surface area contributed by atoms with Gasteiger partial charge in [-0.3, -0.25) is 4.79 Å². The molecule has 0 atom stereocenters. The van der Waals surface area contributed by atoms with Gasteiger partial charge in [-0.25, -0.2) is 0 Å². The third-order valence-corrected chi connectivity index (χ3v) is 2.19. The molecule has 0 radical (unpaired) electrons. The van der Waals surface area contributed by atoms with Crippen molar-refractivity contribution in [2.45, 2.75) is 19.3 Å². The van der Waals surface area contributed by atoms with Crippen molar-refractivity contribution in [3.8, 4) is 0 Å². The molecule has 1 rings (SSSR count). The predicted octanol–water partition coefficient (Wildman–Crippen LogP) is -0.432. The molecule has 0 fully saturated rings. The number of nitrogens with one attached hydrogen (secondary N) is 1. The predicted molar refractivity (Wildman–Crippen MR) is 48.1 cm³/mol. The van der Waals surface area contributed by atoms with E-state index in [-0.39, 0.29) is 19.1 Å². The van der Waals surface area contributed by atoms with Crippen LogP contribution >= 0.6 is 0 Å². The Bertz CT molecular complexity index is 223. The lowest BCUT2D eigenvalue weighted by molar-refractivity contribution is -0.118. The van der Waals surface area contributed by atoms with Gasteiger partial charge in [0.25, 0.3) is 0 Å². The van der Waals surface area contributed by atoms with E-state index in [4.69, 9.17) is 10.2 Å². The third kappa shape index (κ3) is 2.54. The minimum absolute atomic E-state index is 0.0162. The molecule has 13 heavy (non-hydrogen) atoms. The van der Waals surface area contributed by atoms with Gasteiger partial charge in [-0.1, -0.05) is 5.57 Å². The van der Waals surface area contributed by atoms with Gasteiger partial charge in [-0.2, -0.15) is 0 Å². The minimum atomic E-state index is -0.0937. The molecule has 0 spiro atoms. The standard InChI is InChI=1S/C9H15NO3/c11-5-2-7-1-4-10-9(13)8(7)3-6-12/h11-12H,1-6H2,(H,10,13). The highest BCUT2D eigenvalue weighted by Crippen LogP contribution is 2.19. The number of rotatable bonds is 4. The lowest BCUT2D eigenvalue weighted by atomic mass is 9.96. The molecule has 0 aromatic heterocycles. The maximum absolute atomic E-state index is 11.3. The van der Waals surface area contributed by atoms with E-state index < -0.39 is 0 Å². The molecule has 3 N–H and O–H groups in total. The highest BCUT2D eigenvalue weighted by molar-refractivity contribution is 5.95. The normalized spacial score (nSPS) is 17.5. The first-order valence-electron chi connectivity index (χ1n) is 4.50. The van der Waals surface area contributed by atoms with Gasteiger partial charge in [0.2, 0.25) is 5.91 Å². The van der Waals surface area contributed by atoms with Crippen LogP contribution in [0, 0.1) is 0 Å². The van der Waals surface area contributed by atoms with E-state index in [9.17, 15) is 4.79 Å². The van der Waals surface area contributed by atoms with Gasteiger partial charge in [0.15, 0.2) is 0 Å². The smallest absolute Gasteiger partial charge is 0.247 e. The second-order valence-electron chi connectivity index (χ2n) is 3.04. The first-order valence-corrected chi connectivity index (χ1v) is 4.50. The lowest BCUT2D eigenvalue weighted by Gasteiger charge is -2.19. The fourth-order valence-corrected chi connectivity index (χ4v) is 1.56. The average molecular weight is 185 g/mol. The summed E-state index contributed by atoms with van der Waals surface area (Å²) in [6, 6.07) is 0. The van der Waals surface area contributed by atoms with E-state index in [0.717, 1.165) is 12.0 Å². The molecule has 1 amide bonds. The van der Waals surface area contributed by atoms with Crippen LogP contribution in [0.5, 0.6) is 0 Å². The Labute approximate surface area is 77.3 Å². The Morgan fingerprint density at radius 1 is 1.23 bits per heavy atom. The van der Waals surface area contributed by atoms with Crippen molar-refractivity contribution < 1.29 is 15.0 Å². The zero-order valence-electron chi connectivity index (χ0n) is 7.55. The monoisotopic (exact) mass is 185 g/mol. The van der Waals surface area contributed by atoms with E-state index in [1.54, 1.807) is 0 Å². The van der Waals surface area contributed by atoms with Crippen molar-refractivity contribution >= 4 is 5.91 Å². The summed E-state index contributed by atoms with van der Waals surface area (Å²) >= 11 is 0. The Kier molecular flexibility index (Phi) is 3.92. The second-order valence-corrected chi connectivity index (χ2v) is 3.04. The molecule has 74 valence electrons. The van der Waals surface area contributed by atoms with Gasteiger partial charge >= 0.3 is 0 Å². The van der Waals surface area contributed by atoms with Gasteiger partial charge < -0.3 is 15.5 Å². The average Bonchev–Trinajstić information content (AvgIpc) is 2.11. The van der Waals surface area contributed by atoms with Crippen molar-refractivity contribution in [1.29, 1.82) is 0 Å². The molecule has 0 aromatic carbocycles. The molecule has 4 heteroatoms. The van der Waals surface area contributed by atoms with Crippen LogP contribution < -0.4 is 5.32 Å². The molecular weight excluding hydrogens is 170 g/mol. The second kappa shape index (κ2) is 4.99. The van der Waals surface area contributed by atoms with Gasteiger partial charge in [-0.15, -0.1) is 0 Å². The number of hydrogen-bond acceptors (Lipinski definition) is 3. The molecule has 0 unspecified atom stereocenters. The molecule has 0 saturated heterocycles. The molecule has 1 aliphatic rings. The zero-order chi connectivity index (χ0) is 9.68. The minimum Gasteiger partial charge on any atom is -0.396 e. The van der Waals surface area contributed by atoms with Crippen LogP contribution in [0.15, 0.2) is 11.1 Å². The van der Waals surface area contributed by atoms with E-state index in [1.807, 2.05) is 0 Å². The SMILES string of the molecule is O=C1NCCC(CCO)=C1CCO. The maximum atomic E-state index is 11.3. The number of aliphatic hydroxyl groups is 2. The molecule has 0 bridgehead atoms. The largest absolute Gasteiger partial charge is 0.396 e. The Balaban J connectivity index is 2.76. The topological polar surface area (TPSA) is 69.6 Å². The van der Waals surface area contributed by atoms with Crippen molar-refractivity contribution in [1.82, 2.24) is 5.32 Å². The van der Waals surface area contributed by atoms with E-state index >= 15 is 0 Å². The van der Waals surface area contributed by atoms with E-state index in [2.05, 4.69) is 5.32 Å². The van der Waals surface area contributed by atoms with Crippen molar-refractivity contribution in [3.63, 3.8) is 0 Å². The van der Waals surface area contributed by atoms with Crippen molar-refractivity contribution in [2.75, 3.05) is 19.8 Å².